The Labute approximate surface area is 155 Å². The van der Waals surface area contributed by atoms with Gasteiger partial charge in [0.2, 0.25) is 0 Å². The van der Waals surface area contributed by atoms with Gasteiger partial charge in [0.05, 0.1) is 17.8 Å². The molecule has 0 aliphatic carbocycles. The van der Waals surface area contributed by atoms with Gasteiger partial charge in [-0.3, -0.25) is 0 Å². The minimum absolute atomic E-state index is 0.355. The van der Waals surface area contributed by atoms with E-state index in [1.54, 1.807) is 0 Å². The number of carbonyl (C=O) groups is 1. The summed E-state index contributed by atoms with van der Waals surface area (Å²) in [4.78, 5) is 11.6. The average Bonchev–Trinajstić information content (AvgIpc) is 2.73. The molecule has 0 unspecified atom stereocenters. The summed E-state index contributed by atoms with van der Waals surface area (Å²) in [6, 6.07) is 5.59. The Morgan fingerprint density at radius 3 is 2.44 bits per heavy atom. The summed E-state index contributed by atoms with van der Waals surface area (Å²) in [5, 5.41) is 3.27. The van der Waals surface area contributed by atoms with E-state index in [1.165, 1.54) is 0 Å². The normalized spacial score (nSPS) is 18.2. The smallest absolute Gasteiger partial charge is 0.450 e. The monoisotopic (exact) mass is 367 g/mol. The van der Waals surface area contributed by atoms with E-state index in [1.807, 2.05) is 52.8 Å². The molecule has 5 nitrogen and oxygen atoms in total. The lowest BCUT2D eigenvalue weighted by molar-refractivity contribution is 0.00578. The molecule has 1 aromatic carbocycles. The molecule has 1 aromatic rings. The number of benzene rings is 1. The van der Waals surface area contributed by atoms with Crippen molar-refractivity contribution in [2.75, 3.05) is 6.61 Å². The van der Waals surface area contributed by atoms with Crippen LogP contribution >= 0.6 is 11.6 Å². The minimum Gasteiger partial charge on any atom is -0.450 e. The van der Waals surface area contributed by atoms with Gasteiger partial charge in [-0.05, 0) is 45.7 Å². The van der Waals surface area contributed by atoms with Gasteiger partial charge < -0.3 is 19.4 Å². The lowest BCUT2D eigenvalue weighted by atomic mass is 9.78. The van der Waals surface area contributed by atoms with Gasteiger partial charge >= 0.3 is 13.2 Å². The largest absolute Gasteiger partial charge is 0.496 e. The molecule has 2 rings (SSSR count). The Morgan fingerprint density at radius 2 is 1.88 bits per heavy atom. The van der Waals surface area contributed by atoms with Crippen molar-refractivity contribution in [3.63, 3.8) is 0 Å². The SMILES string of the molecule is CCCCOC(=O)NCc1ccc(B2OC(C)(C)C(C)(C)O2)c(Cl)c1. The third-order valence-corrected chi connectivity index (χ3v) is 5.07. The van der Waals surface area contributed by atoms with Gasteiger partial charge in [-0.15, -0.1) is 0 Å². The van der Waals surface area contributed by atoms with Crippen LogP contribution in [-0.2, 0) is 20.6 Å². The van der Waals surface area contributed by atoms with Crippen LogP contribution < -0.4 is 10.8 Å². The fourth-order valence-corrected chi connectivity index (χ4v) is 2.67. The Morgan fingerprint density at radius 1 is 1.24 bits per heavy atom. The van der Waals surface area contributed by atoms with Gasteiger partial charge in [-0.1, -0.05) is 37.1 Å². The topological polar surface area (TPSA) is 56.8 Å². The van der Waals surface area contributed by atoms with Crippen molar-refractivity contribution in [1.29, 1.82) is 0 Å². The molecule has 25 heavy (non-hydrogen) atoms. The number of hydrogen-bond donors (Lipinski definition) is 1. The number of carbonyl (C=O) groups excluding carboxylic acids is 1. The standard InChI is InChI=1S/C18H27BClNO4/c1-6-7-10-23-16(22)21-12-13-8-9-14(15(20)11-13)19-24-17(2,3)18(4,5)25-19/h8-9,11H,6-7,10,12H2,1-5H3,(H,21,22). The molecule has 7 heteroatoms. The second-order valence-corrected chi connectivity index (χ2v) is 7.69. The zero-order valence-electron chi connectivity index (χ0n) is 15.6. The van der Waals surface area contributed by atoms with E-state index in [4.69, 9.17) is 25.6 Å². The van der Waals surface area contributed by atoms with E-state index in [2.05, 4.69) is 5.32 Å². The maximum Gasteiger partial charge on any atom is 0.496 e. The highest BCUT2D eigenvalue weighted by Gasteiger charge is 2.52. The van der Waals surface area contributed by atoms with E-state index in [-0.39, 0.29) is 0 Å². The van der Waals surface area contributed by atoms with E-state index in [9.17, 15) is 4.79 Å². The molecule has 138 valence electrons. The van der Waals surface area contributed by atoms with Crippen LogP contribution in [0.1, 0.15) is 53.0 Å². The molecule has 0 radical (unpaired) electrons. The fraction of sp³-hybridized carbons (Fsp3) is 0.611. The first-order chi connectivity index (χ1) is 11.7. The second-order valence-electron chi connectivity index (χ2n) is 7.29. The zero-order valence-corrected chi connectivity index (χ0v) is 16.4. The Kier molecular flexibility index (Phi) is 6.41. The van der Waals surface area contributed by atoms with Crippen molar-refractivity contribution < 1.29 is 18.8 Å². The molecule has 1 N–H and O–H groups in total. The van der Waals surface area contributed by atoms with Crippen LogP contribution in [0.4, 0.5) is 4.79 Å². The number of ether oxygens (including phenoxy) is 1. The average molecular weight is 368 g/mol. The van der Waals surface area contributed by atoms with Crippen molar-refractivity contribution >= 4 is 30.3 Å². The Hall–Kier alpha value is -1.24. The Bertz CT molecular complexity index is 605. The van der Waals surface area contributed by atoms with Crippen LogP contribution in [0.25, 0.3) is 0 Å². The summed E-state index contributed by atoms with van der Waals surface area (Å²) in [5.74, 6) is 0. The summed E-state index contributed by atoms with van der Waals surface area (Å²) in [6.45, 7) is 10.8. The molecule has 1 aliphatic heterocycles. The van der Waals surface area contributed by atoms with Gasteiger partial charge in [-0.25, -0.2) is 4.79 Å². The molecule has 0 atom stereocenters. The number of amides is 1. The van der Waals surface area contributed by atoms with Crippen molar-refractivity contribution in [1.82, 2.24) is 5.32 Å². The van der Waals surface area contributed by atoms with Crippen molar-refractivity contribution in [2.24, 2.45) is 0 Å². The highest BCUT2D eigenvalue weighted by Crippen LogP contribution is 2.37. The number of hydrogen-bond acceptors (Lipinski definition) is 4. The molecular formula is C18H27BClNO4. The van der Waals surface area contributed by atoms with Gasteiger partial charge in [0.1, 0.15) is 0 Å². The summed E-state index contributed by atoms with van der Waals surface area (Å²) in [7, 11) is -0.501. The van der Waals surface area contributed by atoms with Gasteiger partial charge in [-0.2, -0.15) is 0 Å². The maximum absolute atomic E-state index is 11.6. The molecule has 1 heterocycles. The van der Waals surface area contributed by atoms with Crippen LogP contribution in [0, 0.1) is 0 Å². The number of rotatable bonds is 6. The molecule has 0 bridgehead atoms. The van der Waals surface area contributed by atoms with Crippen molar-refractivity contribution in [3.05, 3.63) is 28.8 Å². The van der Waals surface area contributed by atoms with Gasteiger partial charge in [0.15, 0.2) is 0 Å². The van der Waals surface area contributed by atoms with E-state index in [0.29, 0.717) is 18.2 Å². The third kappa shape index (κ3) is 4.90. The first kappa shape index (κ1) is 20.1. The molecule has 1 fully saturated rings. The number of alkyl carbamates (subject to hydrolysis) is 1. The molecule has 0 saturated carbocycles. The van der Waals surface area contributed by atoms with Crippen molar-refractivity contribution in [3.8, 4) is 0 Å². The first-order valence-electron chi connectivity index (χ1n) is 8.71. The second kappa shape index (κ2) is 7.98. The highest BCUT2D eigenvalue weighted by molar-refractivity contribution is 6.65. The van der Waals surface area contributed by atoms with E-state index >= 15 is 0 Å². The molecule has 1 aliphatic rings. The summed E-state index contributed by atoms with van der Waals surface area (Å²) < 4.78 is 17.1. The summed E-state index contributed by atoms with van der Waals surface area (Å²) >= 11 is 6.41. The lowest BCUT2D eigenvalue weighted by Gasteiger charge is -2.32. The third-order valence-electron chi connectivity index (χ3n) is 4.74. The van der Waals surface area contributed by atoms with E-state index < -0.39 is 24.4 Å². The quantitative estimate of drug-likeness (QED) is 0.616. The van der Waals surface area contributed by atoms with E-state index in [0.717, 1.165) is 23.9 Å². The van der Waals surface area contributed by atoms with Crippen LogP contribution in [-0.4, -0.2) is 31.0 Å². The summed E-state index contributed by atoms with van der Waals surface area (Å²) in [6.07, 6.45) is 1.44. The van der Waals surface area contributed by atoms with Crippen LogP contribution in [0.5, 0.6) is 0 Å². The van der Waals surface area contributed by atoms with Crippen LogP contribution in [0.15, 0.2) is 18.2 Å². The highest BCUT2D eigenvalue weighted by atomic mass is 35.5. The summed E-state index contributed by atoms with van der Waals surface area (Å²) in [5.41, 5.74) is 0.847. The van der Waals surface area contributed by atoms with Gasteiger partial charge in [0, 0.05) is 17.0 Å². The van der Waals surface area contributed by atoms with Crippen LogP contribution in [0.2, 0.25) is 5.02 Å². The molecule has 0 spiro atoms. The number of unbranched alkanes of at least 4 members (excludes halogenated alkanes) is 1. The number of nitrogens with one attached hydrogen (secondary N) is 1. The molecule has 1 saturated heterocycles. The Balaban J connectivity index is 1.96. The molecule has 0 aromatic heterocycles. The molecule has 1 amide bonds. The predicted molar refractivity (Wildman–Crippen MR) is 100 cm³/mol. The lowest BCUT2D eigenvalue weighted by Crippen LogP contribution is -2.41. The van der Waals surface area contributed by atoms with Crippen molar-refractivity contribution in [2.45, 2.75) is 65.2 Å². The zero-order chi connectivity index (χ0) is 18.7. The number of halogens is 1. The molecular weight excluding hydrogens is 340 g/mol. The van der Waals surface area contributed by atoms with Crippen LogP contribution in [0.3, 0.4) is 0 Å². The maximum atomic E-state index is 11.6. The first-order valence-corrected chi connectivity index (χ1v) is 9.08. The van der Waals surface area contributed by atoms with Gasteiger partial charge in [0.25, 0.3) is 0 Å². The minimum atomic E-state index is -0.501. The predicted octanol–water partition coefficient (Wildman–Crippen LogP) is 3.67. The fourth-order valence-electron chi connectivity index (χ4n) is 2.38.